The lowest BCUT2D eigenvalue weighted by atomic mass is 10.2. The maximum atomic E-state index is 5.36. The summed E-state index contributed by atoms with van der Waals surface area (Å²) >= 11 is 3.48. The average Bonchev–Trinajstić information content (AvgIpc) is 2.77. The highest BCUT2D eigenvalue weighted by Crippen LogP contribution is 2.39. The van der Waals surface area contributed by atoms with Crippen molar-refractivity contribution in [3.8, 4) is 23.3 Å². The van der Waals surface area contributed by atoms with Gasteiger partial charge < -0.3 is 14.8 Å². The maximum absolute atomic E-state index is 5.36. The van der Waals surface area contributed by atoms with Crippen LogP contribution < -0.4 is 14.8 Å². The second-order valence-electron chi connectivity index (χ2n) is 3.66. The third kappa shape index (κ3) is 3.15. The second-order valence-corrected chi connectivity index (χ2v) is 4.52. The van der Waals surface area contributed by atoms with E-state index in [0.29, 0.717) is 6.79 Å². The van der Waals surface area contributed by atoms with Crippen molar-refractivity contribution in [3.05, 3.63) is 22.2 Å². The van der Waals surface area contributed by atoms with Gasteiger partial charge in [-0.25, -0.2) is 0 Å². The second kappa shape index (κ2) is 5.95. The molecule has 3 nitrogen and oxygen atoms in total. The Morgan fingerprint density at radius 2 is 2.29 bits per heavy atom. The lowest BCUT2D eigenvalue weighted by Gasteiger charge is -2.06. The fourth-order valence-corrected chi connectivity index (χ4v) is 2.24. The summed E-state index contributed by atoms with van der Waals surface area (Å²) in [6.45, 7) is 3.86. The summed E-state index contributed by atoms with van der Waals surface area (Å²) in [5.74, 6) is 7.50. The Morgan fingerprint density at radius 1 is 1.41 bits per heavy atom. The molecule has 2 rings (SSSR count). The molecule has 0 fully saturated rings. The number of hydrogen-bond donors (Lipinski definition) is 1. The van der Waals surface area contributed by atoms with Gasteiger partial charge in [-0.3, -0.25) is 0 Å². The van der Waals surface area contributed by atoms with Crippen molar-refractivity contribution in [2.75, 3.05) is 13.3 Å². The topological polar surface area (TPSA) is 30.5 Å². The van der Waals surface area contributed by atoms with E-state index >= 15 is 0 Å². The molecule has 1 aromatic carbocycles. The van der Waals surface area contributed by atoms with Gasteiger partial charge in [0.05, 0.1) is 4.47 Å². The highest BCUT2D eigenvalue weighted by molar-refractivity contribution is 9.10. The Balaban J connectivity index is 1.92. The molecule has 0 saturated heterocycles. The Labute approximate surface area is 110 Å². The number of rotatable bonds is 4. The first-order chi connectivity index (χ1) is 8.31. The molecule has 0 aromatic heterocycles. The number of fused-ring (bicyclic) bond motifs is 1. The molecule has 1 heterocycles. The molecule has 0 bridgehead atoms. The van der Waals surface area contributed by atoms with E-state index in [0.717, 1.165) is 35.5 Å². The Morgan fingerprint density at radius 3 is 3.12 bits per heavy atom. The van der Waals surface area contributed by atoms with E-state index in [9.17, 15) is 0 Å². The van der Waals surface area contributed by atoms with Crippen molar-refractivity contribution in [1.29, 1.82) is 0 Å². The van der Waals surface area contributed by atoms with Gasteiger partial charge in [0, 0.05) is 19.5 Å². The van der Waals surface area contributed by atoms with Crippen LogP contribution in [0.3, 0.4) is 0 Å². The van der Waals surface area contributed by atoms with Gasteiger partial charge in [-0.1, -0.05) is 0 Å². The van der Waals surface area contributed by atoms with Crippen LogP contribution in [0.4, 0.5) is 0 Å². The van der Waals surface area contributed by atoms with Gasteiger partial charge in [0.25, 0.3) is 0 Å². The first-order valence-corrected chi connectivity index (χ1v) is 6.29. The van der Waals surface area contributed by atoms with Gasteiger partial charge in [0.2, 0.25) is 6.79 Å². The van der Waals surface area contributed by atoms with Crippen LogP contribution in [0, 0.1) is 11.8 Å². The molecule has 0 amide bonds. The number of nitrogens with one attached hydrogen (secondary N) is 1. The summed E-state index contributed by atoms with van der Waals surface area (Å²) in [6, 6.07) is 4.05. The molecule has 0 spiro atoms. The Hall–Kier alpha value is -1.18. The third-order valence-electron chi connectivity index (χ3n) is 2.42. The molecule has 1 aliphatic heterocycles. The zero-order valence-electron chi connectivity index (χ0n) is 9.68. The quantitative estimate of drug-likeness (QED) is 0.684. The van der Waals surface area contributed by atoms with Gasteiger partial charge in [-0.05, 0) is 40.5 Å². The van der Waals surface area contributed by atoms with Crippen LogP contribution in [0.5, 0.6) is 11.5 Å². The highest BCUT2D eigenvalue weighted by atomic mass is 79.9. The van der Waals surface area contributed by atoms with Gasteiger partial charge in [-0.15, -0.1) is 11.8 Å². The smallest absolute Gasteiger partial charge is 0.231 e. The van der Waals surface area contributed by atoms with Crippen LogP contribution in [0.1, 0.15) is 18.9 Å². The molecule has 17 heavy (non-hydrogen) atoms. The molecular weight excluding hydrogens is 282 g/mol. The summed E-state index contributed by atoms with van der Waals surface area (Å²) in [5.41, 5.74) is 1.17. The number of hydrogen-bond acceptors (Lipinski definition) is 3. The molecule has 0 aliphatic carbocycles. The van der Waals surface area contributed by atoms with Crippen LogP contribution in [-0.4, -0.2) is 13.3 Å². The molecule has 1 aromatic rings. The number of halogens is 1. The van der Waals surface area contributed by atoms with Crippen LogP contribution in [0.15, 0.2) is 16.6 Å². The maximum Gasteiger partial charge on any atom is 0.231 e. The van der Waals surface area contributed by atoms with Gasteiger partial charge in [-0.2, -0.15) is 0 Å². The van der Waals surface area contributed by atoms with Crippen LogP contribution >= 0.6 is 15.9 Å². The summed E-state index contributed by atoms with van der Waals surface area (Å²) in [7, 11) is 0. The fourth-order valence-electron chi connectivity index (χ4n) is 1.63. The SMILES string of the molecule is CC#CCCNCc1cc(Br)c2c(c1)OCO2. The molecule has 0 atom stereocenters. The van der Waals surface area contributed by atoms with Crippen molar-refractivity contribution < 1.29 is 9.47 Å². The monoisotopic (exact) mass is 295 g/mol. The van der Waals surface area contributed by atoms with Crippen molar-refractivity contribution in [2.45, 2.75) is 19.9 Å². The van der Waals surface area contributed by atoms with Crippen molar-refractivity contribution >= 4 is 15.9 Å². The van der Waals surface area contributed by atoms with E-state index in [2.05, 4.69) is 33.1 Å². The standard InChI is InChI=1S/C13H14BrNO2/c1-2-3-4-5-15-8-10-6-11(14)13-12(7-10)16-9-17-13/h6-7,15H,4-5,8-9H2,1H3. The van der Waals surface area contributed by atoms with E-state index in [1.165, 1.54) is 5.56 Å². The largest absolute Gasteiger partial charge is 0.454 e. The molecule has 4 heteroatoms. The van der Waals surface area contributed by atoms with Crippen LogP contribution in [0.2, 0.25) is 0 Å². The van der Waals surface area contributed by atoms with Gasteiger partial charge >= 0.3 is 0 Å². The van der Waals surface area contributed by atoms with E-state index in [4.69, 9.17) is 9.47 Å². The predicted molar refractivity (Wildman–Crippen MR) is 70.0 cm³/mol. The molecule has 1 N–H and O–H groups in total. The minimum absolute atomic E-state index is 0.302. The third-order valence-corrected chi connectivity index (χ3v) is 3.01. The van der Waals surface area contributed by atoms with Gasteiger partial charge in [0.1, 0.15) is 0 Å². The molecule has 90 valence electrons. The first-order valence-electron chi connectivity index (χ1n) is 5.49. The molecular formula is C13H14BrNO2. The minimum Gasteiger partial charge on any atom is -0.454 e. The van der Waals surface area contributed by atoms with Crippen LogP contribution in [0.25, 0.3) is 0 Å². The predicted octanol–water partition coefficient (Wildman–Crippen LogP) is 2.68. The number of benzene rings is 1. The molecule has 1 aliphatic rings. The lowest BCUT2D eigenvalue weighted by Crippen LogP contribution is -2.14. The van der Waals surface area contributed by atoms with Crippen molar-refractivity contribution in [1.82, 2.24) is 5.32 Å². The zero-order chi connectivity index (χ0) is 12.1. The van der Waals surface area contributed by atoms with Crippen molar-refractivity contribution in [3.63, 3.8) is 0 Å². The highest BCUT2D eigenvalue weighted by Gasteiger charge is 2.17. The summed E-state index contributed by atoms with van der Waals surface area (Å²) in [5, 5.41) is 3.34. The van der Waals surface area contributed by atoms with Gasteiger partial charge in [0.15, 0.2) is 11.5 Å². The Kier molecular flexibility index (Phi) is 4.29. The zero-order valence-corrected chi connectivity index (χ0v) is 11.3. The lowest BCUT2D eigenvalue weighted by molar-refractivity contribution is 0.173. The molecule has 0 radical (unpaired) electrons. The molecule has 0 saturated carbocycles. The summed E-state index contributed by atoms with van der Waals surface area (Å²) < 4.78 is 11.6. The molecule has 0 unspecified atom stereocenters. The fraction of sp³-hybridized carbons (Fsp3) is 0.385. The summed E-state index contributed by atoms with van der Waals surface area (Å²) in [4.78, 5) is 0. The van der Waals surface area contributed by atoms with E-state index in [-0.39, 0.29) is 0 Å². The van der Waals surface area contributed by atoms with E-state index < -0.39 is 0 Å². The first kappa shape index (κ1) is 12.3. The summed E-state index contributed by atoms with van der Waals surface area (Å²) in [6.07, 6.45) is 0.877. The minimum atomic E-state index is 0.302. The van der Waals surface area contributed by atoms with Crippen LogP contribution in [-0.2, 0) is 6.54 Å². The van der Waals surface area contributed by atoms with Crippen molar-refractivity contribution in [2.24, 2.45) is 0 Å². The van der Waals surface area contributed by atoms with E-state index in [1.807, 2.05) is 19.1 Å². The number of ether oxygens (including phenoxy) is 2. The normalized spacial score (nSPS) is 12.1. The Bertz CT molecular complexity index is 462. The van der Waals surface area contributed by atoms with E-state index in [1.54, 1.807) is 0 Å². The average molecular weight is 296 g/mol.